The van der Waals surface area contributed by atoms with Gasteiger partial charge in [0.25, 0.3) is 0 Å². The third kappa shape index (κ3) is 4.46. The molecule has 0 aliphatic heterocycles. The van der Waals surface area contributed by atoms with Gasteiger partial charge < -0.3 is 15.8 Å². The summed E-state index contributed by atoms with van der Waals surface area (Å²) in [6.07, 6.45) is 4.63. The lowest BCUT2D eigenvalue weighted by atomic mass is 10.2. The first-order chi connectivity index (χ1) is 9.63. The zero-order chi connectivity index (χ0) is 14.4. The van der Waals surface area contributed by atoms with Crippen LogP contribution in [0.15, 0.2) is 30.6 Å². The highest BCUT2D eigenvalue weighted by Crippen LogP contribution is 2.23. The van der Waals surface area contributed by atoms with Gasteiger partial charge in [-0.2, -0.15) is 0 Å². The number of nitrogens with one attached hydrogen (secondary N) is 1. The monoisotopic (exact) mass is 275 g/mol. The minimum Gasteiger partial charge on any atom is -0.491 e. The summed E-state index contributed by atoms with van der Waals surface area (Å²) in [6, 6.07) is 5.70. The molecule has 6 heteroatoms. The Morgan fingerprint density at radius 3 is 2.90 bits per heavy atom. The van der Waals surface area contributed by atoms with Gasteiger partial charge in [-0.25, -0.2) is 0 Å². The van der Waals surface area contributed by atoms with Crippen molar-refractivity contribution in [1.82, 2.24) is 15.0 Å². The summed E-state index contributed by atoms with van der Waals surface area (Å²) in [5.41, 5.74) is 7.54. The van der Waals surface area contributed by atoms with Crippen molar-refractivity contribution < 1.29 is 4.74 Å². The molecule has 0 aliphatic carbocycles. The second kappa shape index (κ2) is 6.79. The molecule has 0 aliphatic rings. The van der Waals surface area contributed by atoms with E-state index in [1.165, 1.54) is 0 Å². The van der Waals surface area contributed by atoms with E-state index in [0.29, 0.717) is 5.69 Å². The van der Waals surface area contributed by atoms with Crippen LogP contribution < -0.4 is 15.8 Å². The van der Waals surface area contributed by atoms with E-state index >= 15 is 0 Å². The molecule has 0 unspecified atom stereocenters. The van der Waals surface area contributed by atoms with E-state index < -0.39 is 0 Å². The molecule has 1 aromatic heterocycles. The Morgan fingerprint density at radius 1 is 1.35 bits per heavy atom. The second-order valence-corrected chi connectivity index (χ2v) is 4.90. The number of hydrogen-bond donors (Lipinski definition) is 2. The van der Waals surface area contributed by atoms with Crippen molar-refractivity contribution >= 4 is 11.4 Å². The van der Waals surface area contributed by atoms with Crippen molar-refractivity contribution in [3.05, 3.63) is 30.6 Å². The number of nitrogens with two attached hydrogens (primary N) is 1. The number of rotatable bonds is 7. The van der Waals surface area contributed by atoms with Gasteiger partial charge in [0, 0.05) is 42.8 Å². The second-order valence-electron chi connectivity index (χ2n) is 4.90. The van der Waals surface area contributed by atoms with E-state index in [2.05, 4.69) is 15.6 Å². The fourth-order valence-corrected chi connectivity index (χ4v) is 1.89. The minimum atomic E-state index is 0.136. The summed E-state index contributed by atoms with van der Waals surface area (Å²) in [5, 5.41) is 11.0. The van der Waals surface area contributed by atoms with Crippen LogP contribution in [0.1, 0.15) is 20.3 Å². The number of benzene rings is 1. The van der Waals surface area contributed by atoms with E-state index in [1.54, 1.807) is 6.20 Å². The number of nitrogen functional groups attached to an aromatic ring is 1. The number of aryl methyl sites for hydroxylation is 1. The summed E-state index contributed by atoms with van der Waals surface area (Å²) in [7, 11) is 0. The van der Waals surface area contributed by atoms with Gasteiger partial charge in [-0.05, 0) is 26.3 Å². The van der Waals surface area contributed by atoms with Gasteiger partial charge in [0.05, 0.1) is 12.3 Å². The zero-order valence-corrected chi connectivity index (χ0v) is 11.9. The molecule has 3 N–H and O–H groups in total. The molecule has 1 heterocycles. The number of hydrogen-bond acceptors (Lipinski definition) is 5. The lowest BCUT2D eigenvalue weighted by molar-refractivity contribution is 0.242. The molecule has 0 amide bonds. The Kier molecular flexibility index (Phi) is 4.81. The van der Waals surface area contributed by atoms with E-state index in [0.717, 1.165) is 30.9 Å². The number of ether oxygens (including phenoxy) is 1. The van der Waals surface area contributed by atoms with Crippen LogP contribution in [0.3, 0.4) is 0 Å². The molecular weight excluding hydrogens is 254 g/mol. The van der Waals surface area contributed by atoms with Crippen LogP contribution in [-0.4, -0.2) is 27.6 Å². The number of nitrogens with zero attached hydrogens (tertiary/aromatic N) is 3. The van der Waals surface area contributed by atoms with E-state index in [1.807, 2.05) is 42.9 Å². The van der Waals surface area contributed by atoms with Gasteiger partial charge in [0.2, 0.25) is 0 Å². The first-order valence-corrected chi connectivity index (χ1v) is 6.78. The lowest BCUT2D eigenvalue weighted by Crippen LogP contribution is -2.09. The van der Waals surface area contributed by atoms with Gasteiger partial charge in [-0.3, -0.25) is 4.68 Å². The third-order valence-electron chi connectivity index (χ3n) is 2.67. The Balaban J connectivity index is 1.84. The summed E-state index contributed by atoms with van der Waals surface area (Å²) in [5.74, 6) is 0.791. The highest BCUT2D eigenvalue weighted by molar-refractivity contribution is 5.59. The van der Waals surface area contributed by atoms with Crippen molar-refractivity contribution in [3.63, 3.8) is 0 Å². The molecule has 2 aromatic rings. The molecule has 0 atom stereocenters. The van der Waals surface area contributed by atoms with Crippen molar-refractivity contribution in [2.24, 2.45) is 0 Å². The van der Waals surface area contributed by atoms with Gasteiger partial charge in [0.15, 0.2) is 0 Å². The standard InChI is InChI=1S/C14H21N5O/c1-11(2)20-14-9-12(15)8-13(10-14)16-4-3-6-19-7-5-17-18-19/h5,7-11,16H,3-4,6,15H2,1-2H3. The summed E-state index contributed by atoms with van der Waals surface area (Å²) in [4.78, 5) is 0. The molecule has 2 rings (SSSR count). The normalized spacial score (nSPS) is 10.8. The number of aromatic nitrogens is 3. The fraction of sp³-hybridized carbons (Fsp3) is 0.429. The van der Waals surface area contributed by atoms with Crippen molar-refractivity contribution in [1.29, 1.82) is 0 Å². The van der Waals surface area contributed by atoms with Crippen molar-refractivity contribution in [2.75, 3.05) is 17.6 Å². The van der Waals surface area contributed by atoms with Crippen LogP contribution in [0.5, 0.6) is 5.75 Å². The highest BCUT2D eigenvalue weighted by Gasteiger charge is 2.02. The Morgan fingerprint density at radius 2 is 2.20 bits per heavy atom. The minimum absolute atomic E-state index is 0.136. The third-order valence-corrected chi connectivity index (χ3v) is 2.67. The summed E-state index contributed by atoms with van der Waals surface area (Å²) >= 11 is 0. The van der Waals surface area contributed by atoms with Crippen LogP contribution in [0, 0.1) is 0 Å². The summed E-state index contributed by atoms with van der Waals surface area (Å²) in [6.45, 7) is 5.66. The van der Waals surface area contributed by atoms with Crippen LogP contribution in [0.4, 0.5) is 11.4 Å². The maximum atomic E-state index is 5.87. The van der Waals surface area contributed by atoms with E-state index in [4.69, 9.17) is 10.5 Å². The Bertz CT molecular complexity index is 524. The average molecular weight is 275 g/mol. The molecule has 0 spiro atoms. The van der Waals surface area contributed by atoms with Crippen molar-refractivity contribution in [2.45, 2.75) is 32.9 Å². The van der Waals surface area contributed by atoms with Gasteiger partial charge in [0.1, 0.15) is 5.75 Å². The zero-order valence-electron chi connectivity index (χ0n) is 11.9. The molecule has 20 heavy (non-hydrogen) atoms. The molecular formula is C14H21N5O. The van der Waals surface area contributed by atoms with Crippen molar-refractivity contribution in [3.8, 4) is 5.75 Å². The Hall–Kier alpha value is -2.24. The molecule has 108 valence electrons. The predicted octanol–water partition coefficient (Wildman–Crippen LogP) is 2.15. The topological polar surface area (TPSA) is 78.0 Å². The molecule has 0 radical (unpaired) electrons. The molecule has 0 fully saturated rings. The van der Waals surface area contributed by atoms with E-state index in [9.17, 15) is 0 Å². The maximum Gasteiger partial charge on any atom is 0.123 e. The maximum absolute atomic E-state index is 5.87. The highest BCUT2D eigenvalue weighted by atomic mass is 16.5. The molecule has 1 aromatic carbocycles. The summed E-state index contributed by atoms with van der Waals surface area (Å²) < 4.78 is 7.47. The largest absolute Gasteiger partial charge is 0.491 e. The van der Waals surface area contributed by atoms with Gasteiger partial charge in [-0.1, -0.05) is 5.21 Å². The molecule has 0 bridgehead atoms. The van der Waals surface area contributed by atoms with E-state index in [-0.39, 0.29) is 6.10 Å². The first kappa shape index (κ1) is 14.2. The predicted molar refractivity (Wildman–Crippen MR) is 79.7 cm³/mol. The van der Waals surface area contributed by atoms with Crippen LogP contribution in [0.2, 0.25) is 0 Å². The molecule has 6 nitrogen and oxygen atoms in total. The van der Waals surface area contributed by atoms with Crippen LogP contribution in [0.25, 0.3) is 0 Å². The Labute approximate surface area is 118 Å². The molecule has 0 saturated carbocycles. The number of anilines is 2. The quantitative estimate of drug-likeness (QED) is 0.598. The van der Waals surface area contributed by atoms with Crippen LogP contribution >= 0.6 is 0 Å². The van der Waals surface area contributed by atoms with Crippen LogP contribution in [-0.2, 0) is 6.54 Å². The molecule has 0 saturated heterocycles. The van der Waals surface area contributed by atoms with Gasteiger partial charge in [-0.15, -0.1) is 5.10 Å². The lowest BCUT2D eigenvalue weighted by Gasteiger charge is -2.13. The SMILES string of the molecule is CC(C)Oc1cc(N)cc(NCCCn2ccnn2)c1. The fourth-order valence-electron chi connectivity index (χ4n) is 1.89. The van der Waals surface area contributed by atoms with Gasteiger partial charge >= 0.3 is 0 Å². The first-order valence-electron chi connectivity index (χ1n) is 6.78. The average Bonchev–Trinajstić information content (AvgIpc) is 2.86. The smallest absolute Gasteiger partial charge is 0.123 e.